The van der Waals surface area contributed by atoms with Crippen LogP contribution in [0, 0.1) is 5.92 Å². The van der Waals surface area contributed by atoms with E-state index in [4.69, 9.17) is 0 Å². The first-order chi connectivity index (χ1) is 13.0. The molecule has 1 atom stereocenters. The van der Waals surface area contributed by atoms with Crippen LogP contribution in [-0.4, -0.2) is 61.9 Å². The Kier molecular flexibility index (Phi) is 4.97. The summed E-state index contributed by atoms with van der Waals surface area (Å²) in [6.07, 6.45) is 5.62. The van der Waals surface area contributed by atoms with E-state index in [2.05, 4.69) is 18.0 Å². The standard InChI is InChI=1S/C22H31N3O2/c1-23-13-5-6-17(16-23)9-10-20(26)25-14-11-22(12-15-25)18-7-3-4-8-19(18)24(2)21(22)27/h3-4,7-8,17H,5-6,9-16H2,1-2H3. The fourth-order valence-corrected chi connectivity index (χ4v) is 5.33. The average Bonchev–Trinajstić information content (AvgIpc) is 2.89. The van der Waals surface area contributed by atoms with Crippen LogP contribution in [-0.2, 0) is 15.0 Å². The van der Waals surface area contributed by atoms with Gasteiger partial charge in [-0.15, -0.1) is 0 Å². The number of carbonyl (C=O) groups excluding carboxylic acids is 2. The van der Waals surface area contributed by atoms with Crippen LogP contribution in [0.25, 0.3) is 0 Å². The van der Waals surface area contributed by atoms with Gasteiger partial charge in [0, 0.05) is 38.8 Å². The quantitative estimate of drug-likeness (QED) is 0.823. The molecule has 3 heterocycles. The van der Waals surface area contributed by atoms with Gasteiger partial charge in [-0.1, -0.05) is 18.2 Å². The molecule has 1 unspecified atom stereocenters. The van der Waals surface area contributed by atoms with Crippen molar-refractivity contribution >= 4 is 17.5 Å². The predicted octanol–water partition coefficient (Wildman–Crippen LogP) is 2.65. The number of hydrogen-bond donors (Lipinski definition) is 0. The number of piperidine rings is 2. The van der Waals surface area contributed by atoms with Gasteiger partial charge in [0.05, 0.1) is 5.41 Å². The van der Waals surface area contributed by atoms with Gasteiger partial charge in [-0.3, -0.25) is 9.59 Å². The molecule has 2 saturated heterocycles. The van der Waals surface area contributed by atoms with Crippen molar-refractivity contribution in [1.82, 2.24) is 9.80 Å². The Morgan fingerprint density at radius 2 is 1.89 bits per heavy atom. The smallest absolute Gasteiger partial charge is 0.237 e. The molecule has 0 aromatic heterocycles. The molecule has 0 saturated carbocycles. The monoisotopic (exact) mass is 369 g/mol. The van der Waals surface area contributed by atoms with E-state index in [9.17, 15) is 9.59 Å². The zero-order valence-electron chi connectivity index (χ0n) is 16.6. The van der Waals surface area contributed by atoms with Crippen LogP contribution in [0.2, 0.25) is 0 Å². The van der Waals surface area contributed by atoms with Crippen molar-refractivity contribution in [3.8, 4) is 0 Å². The Bertz CT molecular complexity index is 724. The highest BCUT2D eigenvalue weighted by Gasteiger charge is 2.51. The van der Waals surface area contributed by atoms with Crippen LogP contribution in [0.4, 0.5) is 5.69 Å². The van der Waals surface area contributed by atoms with Crippen molar-refractivity contribution in [2.45, 2.75) is 43.9 Å². The molecule has 1 aromatic rings. The first kappa shape index (κ1) is 18.5. The molecule has 27 heavy (non-hydrogen) atoms. The highest BCUT2D eigenvalue weighted by molar-refractivity contribution is 6.07. The van der Waals surface area contributed by atoms with Crippen LogP contribution in [0.15, 0.2) is 24.3 Å². The lowest BCUT2D eigenvalue weighted by atomic mass is 9.73. The lowest BCUT2D eigenvalue weighted by molar-refractivity contribution is -0.135. The molecular weight excluding hydrogens is 338 g/mol. The van der Waals surface area contributed by atoms with E-state index in [-0.39, 0.29) is 11.8 Å². The van der Waals surface area contributed by atoms with Crippen molar-refractivity contribution in [1.29, 1.82) is 0 Å². The minimum absolute atomic E-state index is 0.195. The number of benzene rings is 1. The first-order valence-electron chi connectivity index (χ1n) is 10.4. The van der Waals surface area contributed by atoms with Crippen LogP contribution < -0.4 is 4.90 Å². The van der Waals surface area contributed by atoms with Gasteiger partial charge >= 0.3 is 0 Å². The van der Waals surface area contributed by atoms with Gasteiger partial charge in [0.25, 0.3) is 0 Å². The maximum Gasteiger partial charge on any atom is 0.237 e. The van der Waals surface area contributed by atoms with Gasteiger partial charge in [-0.2, -0.15) is 0 Å². The maximum atomic E-state index is 13.0. The molecule has 0 N–H and O–H groups in total. The Morgan fingerprint density at radius 3 is 2.63 bits per heavy atom. The third kappa shape index (κ3) is 3.27. The van der Waals surface area contributed by atoms with Crippen LogP contribution in [0.5, 0.6) is 0 Å². The molecule has 146 valence electrons. The molecule has 3 aliphatic rings. The second-order valence-corrected chi connectivity index (χ2v) is 8.65. The number of carbonyl (C=O) groups is 2. The van der Waals surface area contributed by atoms with Gasteiger partial charge in [0.15, 0.2) is 0 Å². The summed E-state index contributed by atoms with van der Waals surface area (Å²) in [5, 5.41) is 0. The number of fused-ring (bicyclic) bond motifs is 2. The molecule has 2 amide bonds. The molecule has 1 spiro atoms. The molecule has 5 heteroatoms. The van der Waals surface area contributed by atoms with Gasteiger partial charge in [-0.05, 0) is 63.2 Å². The van der Waals surface area contributed by atoms with E-state index in [1.807, 2.05) is 30.1 Å². The fourth-order valence-electron chi connectivity index (χ4n) is 5.33. The third-order valence-corrected chi connectivity index (χ3v) is 6.95. The summed E-state index contributed by atoms with van der Waals surface area (Å²) in [5.41, 5.74) is 1.76. The minimum atomic E-state index is -0.422. The normalized spacial score (nSPS) is 25.1. The summed E-state index contributed by atoms with van der Waals surface area (Å²) in [7, 11) is 4.04. The first-order valence-corrected chi connectivity index (χ1v) is 10.4. The Balaban J connectivity index is 1.36. The van der Waals surface area contributed by atoms with Crippen LogP contribution >= 0.6 is 0 Å². The zero-order chi connectivity index (χ0) is 19.0. The Labute approximate surface area is 162 Å². The van der Waals surface area contributed by atoms with Crippen molar-refractivity contribution < 1.29 is 9.59 Å². The maximum absolute atomic E-state index is 13.0. The number of nitrogens with zero attached hydrogens (tertiary/aromatic N) is 3. The summed E-state index contributed by atoms with van der Waals surface area (Å²) in [6, 6.07) is 8.13. The third-order valence-electron chi connectivity index (χ3n) is 6.95. The summed E-state index contributed by atoms with van der Waals surface area (Å²) >= 11 is 0. The average molecular weight is 370 g/mol. The van der Waals surface area contributed by atoms with E-state index >= 15 is 0 Å². The topological polar surface area (TPSA) is 43.9 Å². The Morgan fingerprint density at radius 1 is 1.15 bits per heavy atom. The van der Waals surface area contributed by atoms with E-state index < -0.39 is 5.41 Å². The minimum Gasteiger partial charge on any atom is -0.343 e. The summed E-state index contributed by atoms with van der Waals surface area (Å²) < 4.78 is 0. The molecule has 0 radical (unpaired) electrons. The molecule has 1 aromatic carbocycles. The molecule has 5 nitrogen and oxygen atoms in total. The lowest BCUT2D eigenvalue weighted by Gasteiger charge is -2.38. The summed E-state index contributed by atoms with van der Waals surface area (Å²) in [5.74, 6) is 1.12. The van der Waals surface area contributed by atoms with Crippen LogP contribution in [0.3, 0.4) is 0 Å². The molecular formula is C22H31N3O2. The lowest BCUT2D eigenvalue weighted by Crippen LogP contribution is -2.49. The second kappa shape index (κ2) is 7.27. The number of likely N-dealkylation sites (N-methyl/N-ethyl adjacent to an activating group) is 1. The van der Waals surface area contributed by atoms with E-state index in [1.54, 1.807) is 4.90 Å². The second-order valence-electron chi connectivity index (χ2n) is 8.65. The van der Waals surface area contributed by atoms with Gasteiger partial charge < -0.3 is 14.7 Å². The summed E-state index contributed by atoms with van der Waals surface area (Å²) in [4.78, 5) is 31.9. The molecule has 0 aliphatic carbocycles. The number of para-hydroxylation sites is 1. The van der Waals surface area contributed by atoms with E-state index in [0.717, 1.165) is 37.1 Å². The molecule has 2 fully saturated rings. The SMILES string of the molecule is CN1CCCC(CCC(=O)N2CCC3(CC2)C(=O)N(C)c2ccccc23)C1. The van der Waals surface area contributed by atoms with Crippen molar-refractivity contribution in [3.63, 3.8) is 0 Å². The molecule has 4 rings (SSSR count). The van der Waals surface area contributed by atoms with E-state index in [0.29, 0.717) is 25.4 Å². The number of rotatable bonds is 3. The summed E-state index contributed by atoms with van der Waals surface area (Å²) in [6.45, 7) is 3.69. The highest BCUT2D eigenvalue weighted by atomic mass is 16.2. The number of likely N-dealkylation sites (tertiary alicyclic amines) is 2. The van der Waals surface area contributed by atoms with E-state index in [1.165, 1.54) is 19.4 Å². The van der Waals surface area contributed by atoms with Gasteiger partial charge in [-0.25, -0.2) is 0 Å². The fraction of sp³-hybridized carbons (Fsp3) is 0.636. The van der Waals surface area contributed by atoms with Gasteiger partial charge in [0.2, 0.25) is 11.8 Å². The van der Waals surface area contributed by atoms with Crippen molar-refractivity contribution in [2.75, 3.05) is 45.2 Å². The van der Waals surface area contributed by atoms with Crippen LogP contribution in [0.1, 0.15) is 44.1 Å². The zero-order valence-corrected chi connectivity index (χ0v) is 16.6. The molecule has 0 bridgehead atoms. The van der Waals surface area contributed by atoms with Crippen molar-refractivity contribution in [3.05, 3.63) is 29.8 Å². The highest BCUT2D eigenvalue weighted by Crippen LogP contribution is 2.47. The Hall–Kier alpha value is -1.88. The predicted molar refractivity (Wildman–Crippen MR) is 107 cm³/mol. The van der Waals surface area contributed by atoms with Gasteiger partial charge in [0.1, 0.15) is 0 Å². The number of hydrogen-bond acceptors (Lipinski definition) is 3. The molecule has 3 aliphatic heterocycles. The largest absolute Gasteiger partial charge is 0.343 e. The number of amides is 2. The van der Waals surface area contributed by atoms with Crippen molar-refractivity contribution in [2.24, 2.45) is 5.92 Å². The number of anilines is 1.